The molecule has 1 aromatic carbocycles. The Balaban J connectivity index is 1.88. The minimum Gasteiger partial charge on any atom is -0.503 e. The number of furan rings is 1. The molecule has 1 atom stereocenters. The number of aliphatic hydroxyl groups excluding tert-OH is 1. The molecule has 1 amide bonds. The van der Waals surface area contributed by atoms with Gasteiger partial charge in [0, 0.05) is 12.6 Å². The molecule has 0 saturated heterocycles. The number of halogens is 1. The summed E-state index contributed by atoms with van der Waals surface area (Å²) in [4.78, 5) is 25.2. The van der Waals surface area contributed by atoms with Gasteiger partial charge < -0.3 is 19.2 Å². The van der Waals surface area contributed by atoms with Gasteiger partial charge in [-0.3, -0.25) is 9.59 Å². The Morgan fingerprint density at radius 1 is 1.32 bits per heavy atom. The summed E-state index contributed by atoms with van der Waals surface area (Å²) in [6, 6.07) is 9.24. The molecular formula is C18H16FNO5. The molecule has 0 spiro atoms. The highest BCUT2D eigenvalue weighted by atomic mass is 19.1. The Hall–Kier alpha value is -3.09. The third-order valence-corrected chi connectivity index (χ3v) is 4.02. The largest absolute Gasteiger partial charge is 0.503 e. The van der Waals surface area contributed by atoms with E-state index in [1.165, 1.54) is 31.2 Å². The first-order valence-corrected chi connectivity index (χ1v) is 7.53. The van der Waals surface area contributed by atoms with E-state index in [4.69, 9.17) is 9.15 Å². The molecule has 0 saturated carbocycles. The van der Waals surface area contributed by atoms with Crippen LogP contribution in [-0.4, -0.2) is 42.4 Å². The summed E-state index contributed by atoms with van der Waals surface area (Å²) in [5.74, 6) is -1.72. The molecule has 130 valence electrons. The van der Waals surface area contributed by atoms with E-state index < -0.39 is 23.6 Å². The first kappa shape index (κ1) is 16.8. The van der Waals surface area contributed by atoms with Crippen LogP contribution in [0.5, 0.6) is 5.75 Å². The molecule has 1 aliphatic heterocycles. The number of nitrogens with zero attached hydrogens (tertiary/aromatic N) is 1. The first-order chi connectivity index (χ1) is 11.9. The first-order valence-electron chi connectivity index (χ1n) is 7.53. The summed E-state index contributed by atoms with van der Waals surface area (Å²) in [5, 5.41) is 9.76. The number of amides is 1. The molecule has 3 rings (SSSR count). The van der Waals surface area contributed by atoms with Crippen molar-refractivity contribution in [2.75, 3.05) is 20.7 Å². The lowest BCUT2D eigenvalue weighted by Crippen LogP contribution is -2.22. The summed E-state index contributed by atoms with van der Waals surface area (Å²) in [7, 11) is 2.90. The molecular weight excluding hydrogens is 329 g/mol. The number of hydrogen-bond acceptors (Lipinski definition) is 5. The lowest BCUT2D eigenvalue weighted by molar-refractivity contribution is -0.126. The minimum atomic E-state index is -1.62. The van der Waals surface area contributed by atoms with E-state index in [9.17, 15) is 19.1 Å². The maximum atomic E-state index is 14.8. The van der Waals surface area contributed by atoms with Crippen LogP contribution in [0.1, 0.15) is 28.1 Å². The van der Waals surface area contributed by atoms with Crippen molar-refractivity contribution >= 4 is 11.7 Å². The molecule has 0 aliphatic carbocycles. The predicted octanol–water partition coefficient (Wildman–Crippen LogP) is 2.81. The van der Waals surface area contributed by atoms with Crippen molar-refractivity contribution < 1.29 is 28.2 Å². The summed E-state index contributed by atoms with van der Waals surface area (Å²) in [6.45, 7) is -0.0227. The molecule has 7 heteroatoms. The average Bonchev–Trinajstić information content (AvgIpc) is 3.22. The lowest BCUT2D eigenvalue weighted by Gasteiger charge is -2.10. The van der Waals surface area contributed by atoms with E-state index in [0.29, 0.717) is 5.75 Å². The normalized spacial score (nSPS) is 15.6. The fourth-order valence-corrected chi connectivity index (χ4v) is 2.66. The molecule has 1 aromatic heterocycles. The van der Waals surface area contributed by atoms with Gasteiger partial charge in [-0.15, -0.1) is 0 Å². The van der Waals surface area contributed by atoms with Gasteiger partial charge in [0.15, 0.2) is 17.7 Å². The number of likely N-dealkylation sites (N-methyl/N-ethyl adjacent to an activating group) is 1. The van der Waals surface area contributed by atoms with Gasteiger partial charge in [-0.2, -0.15) is 0 Å². The van der Waals surface area contributed by atoms with Crippen LogP contribution >= 0.6 is 0 Å². The van der Waals surface area contributed by atoms with E-state index in [2.05, 4.69) is 0 Å². The highest BCUT2D eigenvalue weighted by Crippen LogP contribution is 2.34. The molecule has 6 nitrogen and oxygen atoms in total. The Bertz CT molecular complexity index is 870. The van der Waals surface area contributed by atoms with Crippen molar-refractivity contribution in [3.8, 4) is 5.75 Å². The monoisotopic (exact) mass is 345 g/mol. The Morgan fingerprint density at radius 3 is 2.68 bits per heavy atom. The van der Waals surface area contributed by atoms with Gasteiger partial charge in [0.25, 0.3) is 5.91 Å². The van der Waals surface area contributed by atoms with Crippen LogP contribution in [0, 0.1) is 0 Å². The zero-order valence-corrected chi connectivity index (χ0v) is 13.7. The van der Waals surface area contributed by atoms with Crippen LogP contribution in [0.4, 0.5) is 4.39 Å². The van der Waals surface area contributed by atoms with Gasteiger partial charge >= 0.3 is 0 Å². The number of aliphatic hydroxyl groups is 1. The van der Waals surface area contributed by atoms with E-state index in [0.717, 1.165) is 0 Å². The second-order valence-corrected chi connectivity index (χ2v) is 5.62. The molecule has 0 bridgehead atoms. The number of alkyl halides is 1. The van der Waals surface area contributed by atoms with Gasteiger partial charge in [0.05, 0.1) is 19.2 Å². The fraction of sp³-hybridized carbons (Fsp3) is 0.222. The maximum Gasteiger partial charge on any atom is 0.289 e. The number of ketones is 1. The Kier molecular flexibility index (Phi) is 4.31. The molecule has 2 heterocycles. The van der Waals surface area contributed by atoms with Gasteiger partial charge in [0.1, 0.15) is 11.5 Å². The second kappa shape index (κ2) is 6.43. The number of methoxy groups -OCH3 is 1. The van der Waals surface area contributed by atoms with E-state index in [1.807, 2.05) is 0 Å². The highest BCUT2D eigenvalue weighted by Gasteiger charge is 2.33. The van der Waals surface area contributed by atoms with Crippen LogP contribution in [0.2, 0.25) is 0 Å². The van der Waals surface area contributed by atoms with Gasteiger partial charge in [-0.05, 0) is 18.2 Å². The van der Waals surface area contributed by atoms with Crippen molar-refractivity contribution in [1.82, 2.24) is 4.90 Å². The second-order valence-electron chi connectivity index (χ2n) is 5.62. The highest BCUT2D eigenvalue weighted by molar-refractivity contribution is 6.14. The quantitative estimate of drug-likeness (QED) is 0.843. The van der Waals surface area contributed by atoms with Gasteiger partial charge in [-0.1, -0.05) is 18.2 Å². The third kappa shape index (κ3) is 2.88. The van der Waals surface area contributed by atoms with Crippen LogP contribution in [0.25, 0.3) is 0 Å². The predicted molar refractivity (Wildman–Crippen MR) is 86.3 cm³/mol. The van der Waals surface area contributed by atoms with Crippen molar-refractivity contribution in [1.29, 1.82) is 0 Å². The average molecular weight is 345 g/mol. The molecule has 1 N–H and O–H groups in total. The van der Waals surface area contributed by atoms with Crippen molar-refractivity contribution in [2.24, 2.45) is 0 Å². The van der Waals surface area contributed by atoms with Gasteiger partial charge in [0.2, 0.25) is 5.78 Å². The van der Waals surface area contributed by atoms with E-state index >= 15 is 0 Å². The number of ether oxygens (including phenoxy) is 1. The van der Waals surface area contributed by atoms with Crippen LogP contribution in [-0.2, 0) is 4.79 Å². The van der Waals surface area contributed by atoms with Gasteiger partial charge in [-0.25, -0.2) is 4.39 Å². The number of para-hydroxylation sites is 1. The van der Waals surface area contributed by atoms with Crippen molar-refractivity contribution in [3.63, 3.8) is 0 Å². The molecule has 2 aromatic rings. The molecule has 25 heavy (non-hydrogen) atoms. The number of rotatable bonds is 5. The van der Waals surface area contributed by atoms with Crippen LogP contribution < -0.4 is 4.74 Å². The molecule has 0 radical (unpaired) electrons. The summed E-state index contributed by atoms with van der Waals surface area (Å²) in [5.41, 5.74) is 0.206. The standard InChI is InChI=1S/C18H16FNO5/c1-20-9-11(17(22)18(20)23)16(21)14-8-7-13(25-14)15(19)10-5-3-4-6-12(10)24-2/h3-8,15,22H,9H2,1-2H3. The SMILES string of the molecule is COc1ccccc1C(F)c1ccc(C(=O)C2=C(O)C(=O)N(C)C2)o1. The number of carbonyl (C=O) groups excluding carboxylic acids is 2. The molecule has 1 unspecified atom stereocenters. The Labute approximate surface area is 143 Å². The zero-order valence-electron chi connectivity index (χ0n) is 13.7. The fourth-order valence-electron chi connectivity index (χ4n) is 2.66. The van der Waals surface area contributed by atoms with Crippen molar-refractivity contribution in [3.05, 3.63) is 64.8 Å². The van der Waals surface area contributed by atoms with Crippen LogP contribution in [0.3, 0.4) is 0 Å². The smallest absolute Gasteiger partial charge is 0.289 e. The van der Waals surface area contributed by atoms with Crippen LogP contribution in [0.15, 0.2) is 52.1 Å². The van der Waals surface area contributed by atoms with E-state index in [1.54, 1.807) is 24.3 Å². The number of Topliss-reactive ketones (excluding diaryl/α,β-unsaturated/α-hetero) is 1. The van der Waals surface area contributed by atoms with Crippen molar-refractivity contribution in [2.45, 2.75) is 6.17 Å². The summed E-state index contributed by atoms with van der Waals surface area (Å²) >= 11 is 0. The van der Waals surface area contributed by atoms with E-state index in [-0.39, 0.29) is 29.2 Å². The zero-order chi connectivity index (χ0) is 18.1. The topological polar surface area (TPSA) is 80.0 Å². The maximum absolute atomic E-state index is 14.8. The number of hydrogen-bond donors (Lipinski definition) is 1. The summed E-state index contributed by atoms with van der Waals surface area (Å²) < 4.78 is 25.2. The minimum absolute atomic E-state index is 0.0227. The Morgan fingerprint density at radius 2 is 2.04 bits per heavy atom. The number of carbonyl (C=O) groups is 2. The molecule has 0 fully saturated rings. The molecule has 1 aliphatic rings. The lowest BCUT2D eigenvalue weighted by atomic mass is 10.1. The third-order valence-electron chi connectivity index (χ3n) is 4.02. The summed E-state index contributed by atoms with van der Waals surface area (Å²) in [6.07, 6.45) is -1.62. The number of benzene rings is 1.